The molecular weight excluding hydrogens is 316 g/mol. The van der Waals surface area contributed by atoms with Crippen molar-refractivity contribution in [1.29, 1.82) is 0 Å². The molecular formula is C20H18N2O3. The van der Waals surface area contributed by atoms with Crippen LogP contribution in [0.25, 0.3) is 11.4 Å². The van der Waals surface area contributed by atoms with Crippen LogP contribution in [-0.2, 0) is 11.3 Å². The molecule has 0 N–H and O–H groups in total. The molecule has 0 unspecified atom stereocenters. The number of esters is 1. The Morgan fingerprint density at radius 2 is 1.68 bits per heavy atom. The second-order valence-electron chi connectivity index (χ2n) is 5.46. The fourth-order valence-corrected chi connectivity index (χ4v) is 2.57. The highest BCUT2D eigenvalue weighted by Gasteiger charge is 2.18. The van der Waals surface area contributed by atoms with Crippen molar-refractivity contribution in [3.05, 3.63) is 88.3 Å². The van der Waals surface area contributed by atoms with Gasteiger partial charge in [0.1, 0.15) is 11.4 Å². The molecule has 5 nitrogen and oxygen atoms in total. The van der Waals surface area contributed by atoms with Crippen LogP contribution in [0.15, 0.2) is 71.7 Å². The lowest BCUT2D eigenvalue weighted by Gasteiger charge is -2.13. The molecule has 126 valence electrons. The van der Waals surface area contributed by atoms with Crippen LogP contribution in [0, 0.1) is 0 Å². The minimum atomic E-state index is -0.651. The monoisotopic (exact) mass is 334 g/mol. The fourth-order valence-electron chi connectivity index (χ4n) is 2.57. The molecule has 0 atom stereocenters. The molecule has 0 aliphatic heterocycles. The van der Waals surface area contributed by atoms with Crippen LogP contribution in [0.1, 0.15) is 22.8 Å². The van der Waals surface area contributed by atoms with Crippen LogP contribution in [0.2, 0.25) is 0 Å². The van der Waals surface area contributed by atoms with Gasteiger partial charge in [-0.15, -0.1) is 0 Å². The zero-order valence-corrected chi connectivity index (χ0v) is 13.9. The van der Waals surface area contributed by atoms with E-state index in [9.17, 15) is 9.59 Å². The van der Waals surface area contributed by atoms with Gasteiger partial charge in [0.15, 0.2) is 0 Å². The summed E-state index contributed by atoms with van der Waals surface area (Å²) in [6, 6.07) is 19.0. The topological polar surface area (TPSA) is 61.2 Å². The Hall–Kier alpha value is -3.21. The minimum Gasteiger partial charge on any atom is -0.462 e. The van der Waals surface area contributed by atoms with Gasteiger partial charge in [-0.2, -0.15) is 0 Å². The zero-order valence-electron chi connectivity index (χ0n) is 13.9. The van der Waals surface area contributed by atoms with Crippen LogP contribution < -0.4 is 5.56 Å². The molecule has 3 aromatic rings. The molecule has 1 heterocycles. The predicted molar refractivity (Wildman–Crippen MR) is 95.4 cm³/mol. The van der Waals surface area contributed by atoms with Gasteiger partial charge in [0.25, 0.3) is 5.56 Å². The number of ether oxygens (including phenoxy) is 1. The maximum Gasteiger partial charge on any atom is 0.345 e. The van der Waals surface area contributed by atoms with Gasteiger partial charge in [-0.1, -0.05) is 60.7 Å². The van der Waals surface area contributed by atoms with Gasteiger partial charge in [-0.05, 0) is 12.5 Å². The number of hydrogen-bond acceptors (Lipinski definition) is 4. The average molecular weight is 334 g/mol. The summed E-state index contributed by atoms with van der Waals surface area (Å²) in [5, 5.41) is 0. The van der Waals surface area contributed by atoms with Crippen LogP contribution in [0.3, 0.4) is 0 Å². The van der Waals surface area contributed by atoms with Crippen molar-refractivity contribution in [1.82, 2.24) is 9.55 Å². The van der Waals surface area contributed by atoms with Crippen molar-refractivity contribution in [3.8, 4) is 11.4 Å². The molecule has 0 fully saturated rings. The van der Waals surface area contributed by atoms with Crippen molar-refractivity contribution in [2.75, 3.05) is 6.61 Å². The molecule has 2 aromatic carbocycles. The van der Waals surface area contributed by atoms with E-state index in [1.807, 2.05) is 60.7 Å². The van der Waals surface area contributed by atoms with Crippen molar-refractivity contribution < 1.29 is 9.53 Å². The van der Waals surface area contributed by atoms with E-state index in [4.69, 9.17) is 4.74 Å². The third-order valence-corrected chi connectivity index (χ3v) is 3.76. The van der Waals surface area contributed by atoms with E-state index < -0.39 is 11.5 Å². The van der Waals surface area contributed by atoms with Crippen LogP contribution in [0.4, 0.5) is 0 Å². The first-order valence-electron chi connectivity index (χ1n) is 8.07. The Morgan fingerprint density at radius 3 is 2.32 bits per heavy atom. The number of aromatic nitrogens is 2. The third-order valence-electron chi connectivity index (χ3n) is 3.76. The first kappa shape index (κ1) is 16.6. The van der Waals surface area contributed by atoms with Gasteiger partial charge in [0.05, 0.1) is 13.2 Å². The maximum atomic E-state index is 12.9. The smallest absolute Gasteiger partial charge is 0.345 e. The number of carbonyl (C=O) groups is 1. The van der Waals surface area contributed by atoms with E-state index in [1.54, 1.807) is 6.92 Å². The molecule has 25 heavy (non-hydrogen) atoms. The van der Waals surface area contributed by atoms with Gasteiger partial charge in [-0.3, -0.25) is 9.36 Å². The van der Waals surface area contributed by atoms with E-state index in [-0.39, 0.29) is 12.2 Å². The Kier molecular flexibility index (Phi) is 5.04. The highest BCUT2D eigenvalue weighted by Crippen LogP contribution is 2.16. The van der Waals surface area contributed by atoms with Crippen LogP contribution >= 0.6 is 0 Å². The Morgan fingerprint density at radius 1 is 1.04 bits per heavy atom. The molecule has 0 bridgehead atoms. The molecule has 0 radical (unpaired) electrons. The SMILES string of the molecule is CCOC(=O)c1cnc(-c2ccccc2)n(Cc2ccccc2)c1=O. The first-order chi connectivity index (χ1) is 12.2. The van der Waals surface area contributed by atoms with Crippen molar-refractivity contribution in [3.63, 3.8) is 0 Å². The summed E-state index contributed by atoms with van der Waals surface area (Å²) in [5.74, 6) is -0.135. The van der Waals surface area contributed by atoms with E-state index in [1.165, 1.54) is 10.8 Å². The molecule has 0 amide bonds. The maximum absolute atomic E-state index is 12.9. The summed E-state index contributed by atoms with van der Waals surface area (Å²) in [4.78, 5) is 29.3. The van der Waals surface area contributed by atoms with Crippen LogP contribution in [-0.4, -0.2) is 22.1 Å². The van der Waals surface area contributed by atoms with Gasteiger partial charge >= 0.3 is 5.97 Å². The summed E-state index contributed by atoms with van der Waals surface area (Å²) in [6.07, 6.45) is 1.30. The average Bonchev–Trinajstić information content (AvgIpc) is 2.65. The zero-order chi connectivity index (χ0) is 17.6. The van der Waals surface area contributed by atoms with Crippen molar-refractivity contribution in [2.24, 2.45) is 0 Å². The summed E-state index contributed by atoms with van der Waals surface area (Å²) in [7, 11) is 0. The van der Waals surface area contributed by atoms with E-state index in [2.05, 4.69) is 4.98 Å². The summed E-state index contributed by atoms with van der Waals surface area (Å²) in [5.41, 5.74) is 1.30. The Bertz CT molecular complexity index is 919. The number of rotatable bonds is 5. The van der Waals surface area contributed by atoms with Gasteiger partial charge in [0.2, 0.25) is 0 Å². The first-order valence-corrected chi connectivity index (χ1v) is 8.07. The minimum absolute atomic E-state index is 0.0579. The van der Waals surface area contributed by atoms with Gasteiger partial charge in [-0.25, -0.2) is 9.78 Å². The molecule has 0 aliphatic carbocycles. The van der Waals surface area contributed by atoms with E-state index in [0.29, 0.717) is 12.4 Å². The summed E-state index contributed by atoms with van der Waals surface area (Å²) >= 11 is 0. The summed E-state index contributed by atoms with van der Waals surface area (Å²) in [6.45, 7) is 2.23. The van der Waals surface area contributed by atoms with Gasteiger partial charge < -0.3 is 4.74 Å². The molecule has 0 spiro atoms. The molecule has 3 rings (SSSR count). The molecule has 5 heteroatoms. The van der Waals surface area contributed by atoms with Crippen molar-refractivity contribution >= 4 is 5.97 Å². The number of carbonyl (C=O) groups excluding carboxylic acids is 1. The summed E-state index contributed by atoms with van der Waals surface area (Å²) < 4.78 is 6.48. The second-order valence-corrected chi connectivity index (χ2v) is 5.46. The highest BCUT2D eigenvalue weighted by molar-refractivity contribution is 5.88. The largest absolute Gasteiger partial charge is 0.462 e. The number of hydrogen-bond donors (Lipinski definition) is 0. The molecule has 0 saturated carbocycles. The predicted octanol–water partition coefficient (Wildman–Crippen LogP) is 3.14. The van der Waals surface area contributed by atoms with Crippen molar-refractivity contribution in [2.45, 2.75) is 13.5 Å². The normalized spacial score (nSPS) is 10.4. The standard InChI is InChI=1S/C20H18N2O3/c1-2-25-20(24)17-13-21-18(16-11-7-4-8-12-16)22(19(17)23)14-15-9-5-3-6-10-15/h3-13H,2,14H2,1H3. The fraction of sp³-hybridized carbons (Fsp3) is 0.150. The Labute approximate surface area is 145 Å². The van der Waals surface area contributed by atoms with Crippen LogP contribution in [0.5, 0.6) is 0 Å². The highest BCUT2D eigenvalue weighted by atomic mass is 16.5. The molecule has 1 aromatic heterocycles. The molecule has 0 saturated heterocycles. The third kappa shape index (κ3) is 3.66. The lowest BCUT2D eigenvalue weighted by molar-refractivity contribution is 0.0523. The lowest BCUT2D eigenvalue weighted by Crippen LogP contribution is -2.30. The quantitative estimate of drug-likeness (QED) is 0.673. The number of nitrogens with zero attached hydrogens (tertiary/aromatic N) is 2. The second kappa shape index (κ2) is 7.57. The van der Waals surface area contributed by atoms with Gasteiger partial charge in [0, 0.05) is 11.8 Å². The molecule has 0 aliphatic rings. The lowest BCUT2D eigenvalue weighted by atomic mass is 10.1. The van der Waals surface area contributed by atoms with E-state index in [0.717, 1.165) is 11.1 Å². The number of benzene rings is 2. The Balaban J connectivity index is 2.14. The van der Waals surface area contributed by atoms with E-state index >= 15 is 0 Å².